The second kappa shape index (κ2) is 5.21. The molecule has 4 nitrogen and oxygen atoms in total. The third-order valence-corrected chi connectivity index (χ3v) is 1.86. The predicted molar refractivity (Wildman–Crippen MR) is 49.6 cm³/mol. The van der Waals surface area contributed by atoms with Gasteiger partial charge in [-0.1, -0.05) is 0 Å². The van der Waals surface area contributed by atoms with Gasteiger partial charge >= 0.3 is 0 Å². The molecule has 0 aromatic rings. The number of nitrogens with two attached hydrogens (primary N) is 1. The lowest BCUT2D eigenvalue weighted by Crippen LogP contribution is -2.47. The Kier molecular flexibility index (Phi) is 4.93. The van der Waals surface area contributed by atoms with Gasteiger partial charge in [0.1, 0.15) is 0 Å². The summed E-state index contributed by atoms with van der Waals surface area (Å²) in [6.07, 6.45) is -2.39. The maximum Gasteiger partial charge on any atom is 0.251 e. The number of alkyl halides is 2. The highest BCUT2D eigenvalue weighted by atomic mass is 19.3. The molecule has 0 spiro atoms. The molecule has 0 saturated carbocycles. The number of nitrogens with zero attached hydrogens (tertiary/aromatic N) is 1. The fraction of sp³-hybridized carbons (Fsp3) is 0.875. The van der Waals surface area contributed by atoms with Gasteiger partial charge in [-0.15, -0.1) is 0 Å². The summed E-state index contributed by atoms with van der Waals surface area (Å²) in [4.78, 5) is 12.6. The molecule has 0 unspecified atom stereocenters. The van der Waals surface area contributed by atoms with E-state index in [-0.39, 0.29) is 19.0 Å². The number of rotatable bonds is 5. The molecule has 1 amide bonds. The van der Waals surface area contributed by atoms with Gasteiger partial charge in [0, 0.05) is 6.54 Å². The van der Waals surface area contributed by atoms with E-state index in [0.717, 1.165) is 0 Å². The molecule has 14 heavy (non-hydrogen) atoms. The van der Waals surface area contributed by atoms with E-state index in [1.807, 2.05) is 5.43 Å². The van der Waals surface area contributed by atoms with Crippen LogP contribution in [-0.2, 0) is 4.79 Å². The zero-order chi connectivity index (χ0) is 11.4. The number of hydrazine groups is 1. The molecular formula is C8H17F2N3O. The summed E-state index contributed by atoms with van der Waals surface area (Å²) < 4.78 is 24.0. The van der Waals surface area contributed by atoms with Gasteiger partial charge in [-0.2, -0.15) is 0 Å². The van der Waals surface area contributed by atoms with E-state index in [4.69, 9.17) is 5.84 Å². The molecule has 6 heteroatoms. The number of carbonyl (C=O) groups is 1. The van der Waals surface area contributed by atoms with E-state index in [2.05, 4.69) is 0 Å². The minimum Gasteiger partial charge on any atom is -0.300 e. The molecule has 0 bridgehead atoms. The fourth-order valence-electron chi connectivity index (χ4n) is 1.24. The lowest BCUT2D eigenvalue weighted by Gasteiger charge is -2.28. The highest BCUT2D eigenvalue weighted by molar-refractivity contribution is 5.81. The summed E-state index contributed by atoms with van der Waals surface area (Å²) >= 11 is 0. The first-order valence-corrected chi connectivity index (χ1v) is 4.27. The van der Waals surface area contributed by atoms with Crippen molar-refractivity contribution in [2.75, 3.05) is 20.1 Å². The molecule has 0 aliphatic rings. The van der Waals surface area contributed by atoms with E-state index >= 15 is 0 Å². The molecule has 0 fully saturated rings. The van der Waals surface area contributed by atoms with Crippen molar-refractivity contribution in [2.24, 2.45) is 11.3 Å². The molecule has 0 heterocycles. The van der Waals surface area contributed by atoms with Crippen molar-refractivity contribution < 1.29 is 13.6 Å². The number of halogens is 2. The Hall–Kier alpha value is -0.750. The van der Waals surface area contributed by atoms with Crippen molar-refractivity contribution >= 4 is 5.91 Å². The molecule has 0 aliphatic heterocycles. The molecule has 0 aliphatic carbocycles. The summed E-state index contributed by atoms with van der Waals surface area (Å²) in [5, 5.41) is 0. The molecule has 84 valence electrons. The monoisotopic (exact) mass is 209 g/mol. The third-order valence-electron chi connectivity index (χ3n) is 1.86. The quantitative estimate of drug-likeness (QED) is 0.386. The molecule has 0 aromatic heterocycles. The Labute approximate surface area is 82.4 Å². The van der Waals surface area contributed by atoms with Gasteiger partial charge in [-0.3, -0.25) is 15.1 Å². The standard InChI is InChI=1S/C8H17F2N3O/c1-8(2,7(14)12-11)5-13(3)4-6(9)10/h6H,4-5,11H2,1-3H3,(H,12,14). The van der Waals surface area contributed by atoms with Gasteiger partial charge < -0.3 is 0 Å². The fourth-order valence-corrected chi connectivity index (χ4v) is 1.24. The van der Waals surface area contributed by atoms with Gasteiger partial charge in [0.05, 0.1) is 12.0 Å². The molecule has 0 saturated heterocycles. The van der Waals surface area contributed by atoms with Crippen LogP contribution in [0.3, 0.4) is 0 Å². The number of nitrogens with one attached hydrogen (secondary N) is 1. The summed E-state index contributed by atoms with van der Waals surface area (Å²) in [6, 6.07) is 0. The summed E-state index contributed by atoms with van der Waals surface area (Å²) in [5.74, 6) is 4.61. The molecule has 0 rings (SSSR count). The van der Waals surface area contributed by atoms with Gasteiger partial charge in [-0.05, 0) is 20.9 Å². The largest absolute Gasteiger partial charge is 0.300 e. The second-order valence-corrected chi connectivity index (χ2v) is 3.95. The number of hydrogen-bond acceptors (Lipinski definition) is 3. The zero-order valence-electron chi connectivity index (χ0n) is 8.68. The Morgan fingerprint density at radius 2 is 2.07 bits per heavy atom. The van der Waals surface area contributed by atoms with Crippen molar-refractivity contribution in [3.63, 3.8) is 0 Å². The molecule has 0 radical (unpaired) electrons. The Morgan fingerprint density at radius 1 is 1.57 bits per heavy atom. The maximum absolute atomic E-state index is 12.0. The molecule has 3 N–H and O–H groups in total. The number of carbonyl (C=O) groups excluding carboxylic acids is 1. The van der Waals surface area contributed by atoms with Gasteiger partial charge in [-0.25, -0.2) is 14.6 Å². The summed E-state index contributed by atoms with van der Waals surface area (Å²) in [6.45, 7) is 3.19. The van der Waals surface area contributed by atoms with Crippen LogP contribution in [0.5, 0.6) is 0 Å². The number of amides is 1. The molecular weight excluding hydrogens is 192 g/mol. The topological polar surface area (TPSA) is 58.4 Å². The highest BCUT2D eigenvalue weighted by Crippen LogP contribution is 2.16. The van der Waals surface area contributed by atoms with E-state index < -0.39 is 11.8 Å². The summed E-state index contributed by atoms with van der Waals surface area (Å²) in [5.41, 5.74) is 1.25. The third kappa shape index (κ3) is 4.48. The van der Waals surface area contributed by atoms with E-state index in [1.54, 1.807) is 13.8 Å². The van der Waals surface area contributed by atoms with Crippen molar-refractivity contribution in [1.29, 1.82) is 0 Å². The molecule has 0 atom stereocenters. The van der Waals surface area contributed by atoms with Gasteiger partial charge in [0.2, 0.25) is 5.91 Å². The van der Waals surface area contributed by atoms with E-state index in [0.29, 0.717) is 0 Å². The minimum absolute atomic E-state index is 0.236. The van der Waals surface area contributed by atoms with Gasteiger partial charge in [0.25, 0.3) is 6.43 Å². The average molecular weight is 209 g/mol. The van der Waals surface area contributed by atoms with Crippen LogP contribution in [-0.4, -0.2) is 37.4 Å². The van der Waals surface area contributed by atoms with Gasteiger partial charge in [0.15, 0.2) is 0 Å². The molecule has 0 aromatic carbocycles. The normalized spacial score (nSPS) is 12.3. The van der Waals surface area contributed by atoms with Crippen LogP contribution in [0.1, 0.15) is 13.8 Å². The first-order valence-electron chi connectivity index (χ1n) is 4.27. The van der Waals surface area contributed by atoms with Crippen molar-refractivity contribution in [3.8, 4) is 0 Å². The minimum atomic E-state index is -2.39. The Balaban J connectivity index is 4.14. The average Bonchev–Trinajstić information content (AvgIpc) is 1.99. The van der Waals surface area contributed by atoms with Crippen LogP contribution in [0.15, 0.2) is 0 Å². The lowest BCUT2D eigenvalue weighted by atomic mass is 9.92. The lowest BCUT2D eigenvalue weighted by molar-refractivity contribution is -0.130. The Bertz CT molecular complexity index is 197. The predicted octanol–water partition coefficient (Wildman–Crippen LogP) is 0.199. The second-order valence-electron chi connectivity index (χ2n) is 3.95. The summed E-state index contributed by atoms with van der Waals surface area (Å²) in [7, 11) is 1.54. The van der Waals surface area contributed by atoms with E-state index in [9.17, 15) is 13.6 Å². The van der Waals surface area contributed by atoms with Crippen LogP contribution in [0.4, 0.5) is 8.78 Å². The van der Waals surface area contributed by atoms with Crippen LogP contribution in [0.2, 0.25) is 0 Å². The first-order chi connectivity index (χ1) is 6.29. The van der Waals surface area contributed by atoms with Crippen LogP contribution in [0.25, 0.3) is 0 Å². The number of hydrogen-bond donors (Lipinski definition) is 2. The maximum atomic E-state index is 12.0. The highest BCUT2D eigenvalue weighted by Gasteiger charge is 2.28. The van der Waals surface area contributed by atoms with Crippen LogP contribution >= 0.6 is 0 Å². The van der Waals surface area contributed by atoms with Crippen molar-refractivity contribution in [1.82, 2.24) is 10.3 Å². The Morgan fingerprint density at radius 3 is 2.43 bits per heavy atom. The van der Waals surface area contributed by atoms with E-state index in [1.165, 1.54) is 11.9 Å². The zero-order valence-corrected chi connectivity index (χ0v) is 8.68. The van der Waals surface area contributed by atoms with Crippen LogP contribution in [0, 0.1) is 5.41 Å². The first kappa shape index (κ1) is 13.2. The van der Waals surface area contributed by atoms with Crippen LogP contribution < -0.4 is 11.3 Å². The van der Waals surface area contributed by atoms with Crippen molar-refractivity contribution in [2.45, 2.75) is 20.3 Å². The SMILES string of the molecule is CN(CC(F)F)CC(C)(C)C(=O)NN. The van der Waals surface area contributed by atoms with Crippen molar-refractivity contribution in [3.05, 3.63) is 0 Å². The smallest absolute Gasteiger partial charge is 0.251 e.